The van der Waals surface area contributed by atoms with Crippen LogP contribution in [0.4, 0.5) is 5.69 Å². The largest absolute Gasteiger partial charge is 0.495 e. The molecule has 2 rings (SSSR count). The van der Waals surface area contributed by atoms with Crippen LogP contribution < -0.4 is 9.46 Å². The smallest absolute Gasteiger partial charge is 0.271 e. The number of nitrogens with one attached hydrogen (secondary N) is 1. The second kappa shape index (κ2) is 6.13. The van der Waals surface area contributed by atoms with Crippen LogP contribution in [0.3, 0.4) is 0 Å². The maximum absolute atomic E-state index is 12.3. The molecule has 0 amide bonds. The van der Waals surface area contributed by atoms with Crippen LogP contribution in [0, 0.1) is 0 Å². The van der Waals surface area contributed by atoms with Crippen molar-refractivity contribution in [2.24, 2.45) is 0 Å². The van der Waals surface area contributed by atoms with Gasteiger partial charge in [-0.05, 0) is 30.3 Å². The zero-order valence-corrected chi connectivity index (χ0v) is 13.7. The zero-order chi connectivity index (χ0) is 14.8. The van der Waals surface area contributed by atoms with Gasteiger partial charge in [-0.15, -0.1) is 11.3 Å². The van der Waals surface area contributed by atoms with Gasteiger partial charge in [-0.1, -0.05) is 15.9 Å². The lowest BCUT2D eigenvalue weighted by atomic mass is 10.3. The predicted molar refractivity (Wildman–Crippen MR) is 81.7 cm³/mol. The first-order chi connectivity index (χ1) is 9.46. The minimum atomic E-state index is -3.70. The Balaban J connectivity index is 2.35. The highest BCUT2D eigenvalue weighted by Gasteiger charge is 2.19. The van der Waals surface area contributed by atoms with Gasteiger partial charge in [-0.3, -0.25) is 4.72 Å². The summed E-state index contributed by atoms with van der Waals surface area (Å²) in [7, 11) is -2.23. The molecule has 0 atom stereocenters. The quantitative estimate of drug-likeness (QED) is 0.839. The normalized spacial score (nSPS) is 11.3. The third-order valence-electron chi connectivity index (χ3n) is 2.46. The molecular formula is C12H12BrNO4S2. The molecule has 8 heteroatoms. The Bertz CT molecular complexity index is 712. The molecule has 0 saturated carbocycles. The first-order valence-corrected chi connectivity index (χ1v) is 8.61. The number of hydrogen-bond donors (Lipinski definition) is 2. The van der Waals surface area contributed by atoms with Crippen molar-refractivity contribution in [2.45, 2.75) is 10.8 Å². The van der Waals surface area contributed by atoms with Crippen LogP contribution in [0.15, 0.2) is 39.0 Å². The summed E-state index contributed by atoms with van der Waals surface area (Å²) in [5.41, 5.74) is 0.348. The van der Waals surface area contributed by atoms with Gasteiger partial charge in [0.25, 0.3) is 10.0 Å². The number of sulfonamides is 1. The topological polar surface area (TPSA) is 75.6 Å². The molecule has 0 fully saturated rings. The van der Waals surface area contributed by atoms with E-state index in [1.807, 2.05) is 0 Å². The average molecular weight is 378 g/mol. The first kappa shape index (κ1) is 15.3. The van der Waals surface area contributed by atoms with Gasteiger partial charge in [-0.25, -0.2) is 8.42 Å². The number of methoxy groups -OCH3 is 1. The number of rotatable bonds is 5. The maximum atomic E-state index is 12.3. The summed E-state index contributed by atoms with van der Waals surface area (Å²) >= 11 is 4.31. The average Bonchev–Trinajstić information content (AvgIpc) is 2.88. The molecule has 0 spiro atoms. The van der Waals surface area contributed by atoms with Crippen molar-refractivity contribution in [3.05, 3.63) is 39.7 Å². The molecule has 0 bridgehead atoms. The Labute approximate surface area is 129 Å². The molecule has 20 heavy (non-hydrogen) atoms. The second-order valence-electron chi connectivity index (χ2n) is 3.83. The summed E-state index contributed by atoms with van der Waals surface area (Å²) in [5.74, 6) is 0.427. The second-order valence-corrected chi connectivity index (χ2v) is 7.82. The highest BCUT2D eigenvalue weighted by atomic mass is 79.9. The molecule has 1 aromatic carbocycles. The molecule has 0 saturated heterocycles. The van der Waals surface area contributed by atoms with Gasteiger partial charge in [0.05, 0.1) is 19.4 Å². The van der Waals surface area contributed by atoms with Crippen molar-refractivity contribution < 1.29 is 18.3 Å². The van der Waals surface area contributed by atoms with Crippen LogP contribution >= 0.6 is 27.3 Å². The van der Waals surface area contributed by atoms with Crippen molar-refractivity contribution in [3.8, 4) is 5.75 Å². The maximum Gasteiger partial charge on any atom is 0.271 e. The molecule has 1 heterocycles. The van der Waals surface area contributed by atoms with E-state index < -0.39 is 10.0 Å². The Morgan fingerprint density at radius 3 is 2.70 bits per heavy atom. The fourth-order valence-electron chi connectivity index (χ4n) is 1.54. The zero-order valence-electron chi connectivity index (χ0n) is 10.5. The van der Waals surface area contributed by atoms with Crippen LogP contribution in [0.5, 0.6) is 5.75 Å². The molecule has 2 aromatic rings. The van der Waals surface area contributed by atoms with E-state index in [9.17, 15) is 8.42 Å². The van der Waals surface area contributed by atoms with Crippen molar-refractivity contribution >= 4 is 43.0 Å². The minimum Gasteiger partial charge on any atom is -0.495 e. The number of anilines is 1. The third-order valence-corrected chi connectivity index (χ3v) is 5.88. The molecule has 0 unspecified atom stereocenters. The van der Waals surface area contributed by atoms with Gasteiger partial charge < -0.3 is 9.84 Å². The summed E-state index contributed by atoms with van der Waals surface area (Å²) < 4.78 is 33.0. The SMILES string of the molecule is COc1ccc(Br)cc1NS(=O)(=O)c1ccc(CO)s1. The molecular weight excluding hydrogens is 366 g/mol. The highest BCUT2D eigenvalue weighted by Crippen LogP contribution is 2.31. The van der Waals surface area contributed by atoms with Gasteiger partial charge >= 0.3 is 0 Å². The fourth-order valence-corrected chi connectivity index (χ4v) is 4.18. The summed E-state index contributed by atoms with van der Waals surface area (Å²) in [6, 6.07) is 8.08. The molecule has 0 radical (unpaired) electrons. The lowest BCUT2D eigenvalue weighted by Gasteiger charge is -2.11. The van der Waals surface area contributed by atoms with Gasteiger partial charge in [-0.2, -0.15) is 0 Å². The lowest BCUT2D eigenvalue weighted by molar-refractivity contribution is 0.285. The third kappa shape index (κ3) is 3.32. The van der Waals surface area contributed by atoms with Gasteiger partial charge in [0.15, 0.2) is 0 Å². The van der Waals surface area contributed by atoms with E-state index in [4.69, 9.17) is 9.84 Å². The number of halogens is 1. The molecule has 5 nitrogen and oxygen atoms in total. The van der Waals surface area contributed by atoms with Gasteiger partial charge in [0, 0.05) is 9.35 Å². The van der Waals surface area contributed by atoms with Crippen LogP contribution in [0.1, 0.15) is 4.88 Å². The van der Waals surface area contributed by atoms with Gasteiger partial charge in [0.2, 0.25) is 0 Å². The van der Waals surface area contributed by atoms with E-state index >= 15 is 0 Å². The van der Waals surface area contributed by atoms with Crippen LogP contribution in [0.2, 0.25) is 0 Å². The Kier molecular flexibility index (Phi) is 4.69. The lowest BCUT2D eigenvalue weighted by Crippen LogP contribution is -2.12. The fraction of sp³-hybridized carbons (Fsp3) is 0.167. The molecule has 2 N–H and O–H groups in total. The van der Waals surface area contributed by atoms with Crippen molar-refractivity contribution in [2.75, 3.05) is 11.8 Å². The summed E-state index contributed by atoms with van der Waals surface area (Å²) in [5, 5.41) is 8.99. The molecule has 108 valence electrons. The molecule has 0 aliphatic heterocycles. The number of thiophene rings is 1. The number of aliphatic hydroxyl groups excluding tert-OH is 1. The van der Waals surface area contributed by atoms with Crippen LogP contribution in [-0.4, -0.2) is 20.6 Å². The van der Waals surface area contributed by atoms with Crippen LogP contribution in [-0.2, 0) is 16.6 Å². The molecule has 1 aromatic heterocycles. The number of aliphatic hydroxyl groups is 1. The number of benzene rings is 1. The van der Waals surface area contributed by atoms with Crippen molar-refractivity contribution in [3.63, 3.8) is 0 Å². The molecule has 0 aliphatic rings. The summed E-state index contributed by atoms with van der Waals surface area (Å²) in [6.07, 6.45) is 0. The van der Waals surface area contributed by atoms with E-state index in [0.29, 0.717) is 16.3 Å². The molecule has 0 aliphatic carbocycles. The first-order valence-electron chi connectivity index (χ1n) is 5.52. The monoisotopic (exact) mass is 377 g/mol. The van der Waals surface area contributed by atoms with E-state index in [1.165, 1.54) is 13.2 Å². The van der Waals surface area contributed by atoms with Crippen molar-refractivity contribution in [1.82, 2.24) is 0 Å². The highest BCUT2D eigenvalue weighted by molar-refractivity contribution is 9.10. The van der Waals surface area contributed by atoms with E-state index in [-0.39, 0.29) is 10.8 Å². The number of hydrogen-bond acceptors (Lipinski definition) is 5. The summed E-state index contributed by atoms with van der Waals surface area (Å²) in [6.45, 7) is -0.180. The van der Waals surface area contributed by atoms with Crippen LogP contribution in [0.25, 0.3) is 0 Å². The van der Waals surface area contributed by atoms with E-state index in [0.717, 1.165) is 15.8 Å². The minimum absolute atomic E-state index is 0.142. The standard InChI is InChI=1S/C12H12BrNO4S2/c1-18-11-4-2-8(13)6-10(11)14-20(16,17)12-5-3-9(7-15)19-12/h2-6,14-15H,7H2,1H3. The van der Waals surface area contributed by atoms with Gasteiger partial charge in [0.1, 0.15) is 9.96 Å². The Morgan fingerprint density at radius 2 is 2.10 bits per heavy atom. The Hall–Kier alpha value is -1.09. The Morgan fingerprint density at radius 1 is 1.35 bits per heavy atom. The number of ether oxygens (including phenoxy) is 1. The van der Waals surface area contributed by atoms with E-state index in [1.54, 1.807) is 24.3 Å². The van der Waals surface area contributed by atoms with Crippen molar-refractivity contribution in [1.29, 1.82) is 0 Å². The van der Waals surface area contributed by atoms with E-state index in [2.05, 4.69) is 20.7 Å². The summed E-state index contributed by atoms with van der Waals surface area (Å²) in [4.78, 5) is 0.589. The predicted octanol–water partition coefficient (Wildman–Crippen LogP) is 2.81.